The van der Waals surface area contributed by atoms with Crippen molar-refractivity contribution in [1.82, 2.24) is 4.90 Å². The van der Waals surface area contributed by atoms with Crippen LogP contribution in [0.1, 0.15) is 21.2 Å². The van der Waals surface area contributed by atoms with E-state index >= 15 is 0 Å². The largest absolute Gasteiger partial charge is 0.379 e. The predicted octanol–water partition coefficient (Wildman–Crippen LogP) is 1.95. The summed E-state index contributed by atoms with van der Waals surface area (Å²) in [6.45, 7) is 4.54. The third-order valence-corrected chi connectivity index (χ3v) is 4.43. The van der Waals surface area contributed by atoms with Crippen LogP contribution in [0.25, 0.3) is 0 Å². The van der Waals surface area contributed by atoms with Crippen LogP contribution in [0.3, 0.4) is 0 Å². The zero-order chi connectivity index (χ0) is 11.7. The van der Waals surface area contributed by atoms with Gasteiger partial charge in [-0.3, -0.25) is 9.69 Å². The Morgan fingerprint density at radius 2 is 2.06 bits per heavy atom. The van der Waals surface area contributed by atoms with Crippen LogP contribution in [0.4, 0.5) is 0 Å². The molecule has 0 aromatic heterocycles. The minimum atomic E-state index is 0.221. The van der Waals surface area contributed by atoms with Crippen LogP contribution < -0.4 is 0 Å². The molecule has 2 aliphatic heterocycles. The lowest BCUT2D eigenvalue weighted by Gasteiger charge is -2.28. The van der Waals surface area contributed by atoms with Gasteiger partial charge >= 0.3 is 0 Å². The number of hydrogen-bond donors (Lipinski definition) is 0. The summed E-state index contributed by atoms with van der Waals surface area (Å²) < 4.78 is 5.34. The Kier molecular flexibility index (Phi) is 3.18. The summed E-state index contributed by atoms with van der Waals surface area (Å²) in [6.07, 6.45) is 0. The molecule has 1 fully saturated rings. The number of rotatable bonds is 2. The maximum atomic E-state index is 11.8. The molecular weight excluding hydrogens is 234 g/mol. The van der Waals surface area contributed by atoms with Crippen molar-refractivity contribution in [2.45, 2.75) is 5.25 Å². The van der Waals surface area contributed by atoms with Gasteiger partial charge in [0, 0.05) is 25.2 Å². The molecule has 0 N–H and O–H groups in total. The van der Waals surface area contributed by atoms with Crippen molar-refractivity contribution in [3.05, 3.63) is 35.4 Å². The molecule has 17 heavy (non-hydrogen) atoms. The van der Waals surface area contributed by atoms with Crippen molar-refractivity contribution in [3.63, 3.8) is 0 Å². The van der Waals surface area contributed by atoms with Gasteiger partial charge in [-0.2, -0.15) is 0 Å². The van der Waals surface area contributed by atoms with Gasteiger partial charge in [-0.25, -0.2) is 0 Å². The van der Waals surface area contributed by atoms with E-state index in [4.69, 9.17) is 4.74 Å². The molecule has 0 aliphatic carbocycles. The van der Waals surface area contributed by atoms with Crippen molar-refractivity contribution in [2.75, 3.05) is 32.8 Å². The van der Waals surface area contributed by atoms with Gasteiger partial charge in [0.2, 0.25) is 5.12 Å². The lowest BCUT2D eigenvalue weighted by Crippen LogP contribution is -2.38. The average molecular weight is 249 g/mol. The normalized spacial score (nSPS) is 24.9. The Balaban J connectivity index is 1.75. The maximum absolute atomic E-state index is 11.8. The summed E-state index contributed by atoms with van der Waals surface area (Å²) in [5.41, 5.74) is 2.10. The van der Waals surface area contributed by atoms with Crippen LogP contribution in [-0.4, -0.2) is 42.9 Å². The molecule has 0 spiro atoms. The summed E-state index contributed by atoms with van der Waals surface area (Å²) >= 11 is 1.47. The standard InChI is InChI=1S/C13H15NO2S/c15-13-11-4-2-1-3-10(11)12(17-13)9-14-5-7-16-8-6-14/h1-4,12H,5-9H2. The molecule has 1 aromatic carbocycles. The van der Waals surface area contributed by atoms with E-state index in [0.717, 1.165) is 38.4 Å². The minimum Gasteiger partial charge on any atom is -0.379 e. The Morgan fingerprint density at radius 1 is 1.29 bits per heavy atom. The second kappa shape index (κ2) is 4.80. The second-order valence-electron chi connectivity index (χ2n) is 4.39. The molecule has 0 amide bonds. The molecule has 4 heteroatoms. The first-order valence-corrected chi connectivity index (χ1v) is 6.82. The molecule has 2 aliphatic rings. The zero-order valence-corrected chi connectivity index (χ0v) is 10.4. The quantitative estimate of drug-likeness (QED) is 0.801. The molecule has 1 aromatic rings. The first-order chi connectivity index (χ1) is 8.34. The lowest BCUT2D eigenvalue weighted by atomic mass is 10.1. The number of morpholine rings is 1. The number of thioether (sulfide) groups is 1. The number of carbonyl (C=O) groups excluding carboxylic acids is 1. The fourth-order valence-corrected chi connectivity index (χ4v) is 3.56. The number of benzene rings is 1. The third-order valence-electron chi connectivity index (χ3n) is 3.30. The molecule has 90 valence electrons. The molecule has 1 saturated heterocycles. The van der Waals surface area contributed by atoms with E-state index in [0.29, 0.717) is 5.25 Å². The van der Waals surface area contributed by atoms with Crippen molar-refractivity contribution in [1.29, 1.82) is 0 Å². The van der Waals surface area contributed by atoms with E-state index in [9.17, 15) is 4.79 Å². The summed E-state index contributed by atoms with van der Waals surface area (Å²) in [6, 6.07) is 7.97. The lowest BCUT2D eigenvalue weighted by molar-refractivity contribution is 0.0382. The number of fused-ring (bicyclic) bond motifs is 1. The third kappa shape index (κ3) is 2.25. The number of carbonyl (C=O) groups is 1. The van der Waals surface area contributed by atoms with Crippen molar-refractivity contribution in [3.8, 4) is 0 Å². The fraction of sp³-hybridized carbons (Fsp3) is 0.462. The summed E-state index contributed by atoms with van der Waals surface area (Å²) in [5.74, 6) is 0. The molecule has 0 radical (unpaired) electrons. The molecule has 3 rings (SSSR count). The Morgan fingerprint density at radius 3 is 2.88 bits per heavy atom. The number of nitrogens with zero attached hydrogens (tertiary/aromatic N) is 1. The molecular formula is C13H15NO2S. The van der Waals surface area contributed by atoms with Gasteiger partial charge in [0.15, 0.2) is 0 Å². The van der Waals surface area contributed by atoms with E-state index in [2.05, 4.69) is 11.0 Å². The topological polar surface area (TPSA) is 29.5 Å². The molecule has 0 saturated carbocycles. The van der Waals surface area contributed by atoms with Crippen LogP contribution in [0.15, 0.2) is 24.3 Å². The van der Waals surface area contributed by atoms with E-state index in [1.165, 1.54) is 17.3 Å². The molecule has 1 atom stereocenters. The first kappa shape index (κ1) is 11.3. The van der Waals surface area contributed by atoms with Gasteiger partial charge in [0.1, 0.15) is 0 Å². The van der Waals surface area contributed by atoms with Crippen molar-refractivity contribution < 1.29 is 9.53 Å². The predicted molar refractivity (Wildman–Crippen MR) is 68.4 cm³/mol. The molecule has 3 nitrogen and oxygen atoms in total. The Labute approximate surface area is 105 Å². The monoisotopic (exact) mass is 249 g/mol. The summed E-state index contributed by atoms with van der Waals surface area (Å²) in [5, 5.41) is 0.524. The van der Waals surface area contributed by atoms with Gasteiger partial charge in [0.25, 0.3) is 0 Å². The van der Waals surface area contributed by atoms with Gasteiger partial charge < -0.3 is 4.74 Å². The molecule has 2 heterocycles. The summed E-state index contributed by atoms with van der Waals surface area (Å²) in [4.78, 5) is 14.2. The van der Waals surface area contributed by atoms with Crippen LogP contribution >= 0.6 is 11.8 Å². The highest BCUT2D eigenvalue weighted by Gasteiger charge is 2.31. The highest BCUT2D eigenvalue weighted by Crippen LogP contribution is 2.41. The fourth-order valence-electron chi connectivity index (χ4n) is 2.37. The number of hydrogen-bond acceptors (Lipinski definition) is 4. The zero-order valence-electron chi connectivity index (χ0n) is 9.59. The van der Waals surface area contributed by atoms with E-state index in [-0.39, 0.29) is 5.12 Å². The summed E-state index contributed by atoms with van der Waals surface area (Å²) in [7, 11) is 0. The minimum absolute atomic E-state index is 0.221. The SMILES string of the molecule is O=C1SC(CN2CCOCC2)c2ccccc21. The Hall–Kier alpha value is -0.840. The first-order valence-electron chi connectivity index (χ1n) is 5.94. The molecule has 0 bridgehead atoms. The van der Waals surface area contributed by atoms with Crippen molar-refractivity contribution in [2.24, 2.45) is 0 Å². The van der Waals surface area contributed by atoms with Gasteiger partial charge in [-0.05, 0) is 5.56 Å². The van der Waals surface area contributed by atoms with Crippen LogP contribution in [-0.2, 0) is 4.74 Å². The number of ether oxygens (including phenoxy) is 1. The maximum Gasteiger partial charge on any atom is 0.220 e. The smallest absolute Gasteiger partial charge is 0.220 e. The van der Waals surface area contributed by atoms with Crippen LogP contribution in [0.5, 0.6) is 0 Å². The van der Waals surface area contributed by atoms with E-state index < -0.39 is 0 Å². The highest BCUT2D eigenvalue weighted by molar-refractivity contribution is 8.14. The van der Waals surface area contributed by atoms with Crippen LogP contribution in [0, 0.1) is 0 Å². The average Bonchev–Trinajstić information content (AvgIpc) is 2.69. The van der Waals surface area contributed by atoms with Crippen LogP contribution in [0.2, 0.25) is 0 Å². The van der Waals surface area contributed by atoms with Gasteiger partial charge in [0.05, 0.1) is 18.5 Å². The second-order valence-corrected chi connectivity index (χ2v) is 5.57. The Bertz CT molecular complexity index is 429. The van der Waals surface area contributed by atoms with Crippen molar-refractivity contribution >= 4 is 16.9 Å². The van der Waals surface area contributed by atoms with E-state index in [1.807, 2.05) is 18.2 Å². The van der Waals surface area contributed by atoms with Gasteiger partial charge in [-0.1, -0.05) is 36.0 Å². The van der Waals surface area contributed by atoms with E-state index in [1.54, 1.807) is 0 Å². The molecule has 1 unspecified atom stereocenters. The van der Waals surface area contributed by atoms with Gasteiger partial charge in [-0.15, -0.1) is 0 Å². The highest BCUT2D eigenvalue weighted by atomic mass is 32.2.